The number of aliphatic hydroxyl groups is 1. The Morgan fingerprint density at radius 3 is 2.88 bits per heavy atom. The normalized spacial score (nSPS) is 23.9. The first-order valence-electron chi connectivity index (χ1n) is 9.56. The number of rotatable bonds is 5. The van der Waals surface area contributed by atoms with E-state index in [2.05, 4.69) is 58.3 Å². The first kappa shape index (κ1) is 17.3. The monoisotopic (exact) mass is 352 g/mol. The van der Waals surface area contributed by atoms with Crippen LogP contribution in [0.3, 0.4) is 0 Å². The SMILES string of the molecule is CC1NNc2ccc(NC3CCCN(C(CO)c4ccccc4)C3)cc21. The predicted octanol–water partition coefficient (Wildman–Crippen LogP) is 3.29. The molecule has 138 valence electrons. The van der Waals surface area contributed by atoms with Crippen molar-refractivity contribution < 1.29 is 5.11 Å². The fraction of sp³-hybridized carbons (Fsp3) is 0.429. The third-order valence-corrected chi connectivity index (χ3v) is 5.56. The van der Waals surface area contributed by atoms with Crippen molar-refractivity contribution in [1.29, 1.82) is 0 Å². The molecule has 2 aromatic carbocycles. The lowest BCUT2D eigenvalue weighted by Crippen LogP contribution is -2.44. The molecule has 2 aliphatic heterocycles. The van der Waals surface area contributed by atoms with Crippen LogP contribution in [0.5, 0.6) is 0 Å². The Labute approximate surface area is 155 Å². The number of likely N-dealkylation sites (tertiary alicyclic amines) is 1. The fourth-order valence-corrected chi connectivity index (χ4v) is 4.14. The maximum absolute atomic E-state index is 9.97. The predicted molar refractivity (Wildman–Crippen MR) is 106 cm³/mol. The average Bonchev–Trinajstić information content (AvgIpc) is 3.04. The zero-order valence-electron chi connectivity index (χ0n) is 15.3. The lowest BCUT2D eigenvalue weighted by Gasteiger charge is -2.38. The summed E-state index contributed by atoms with van der Waals surface area (Å²) in [5.41, 5.74) is 11.3. The van der Waals surface area contributed by atoms with E-state index in [1.807, 2.05) is 18.2 Å². The van der Waals surface area contributed by atoms with Crippen molar-refractivity contribution in [2.45, 2.75) is 37.9 Å². The van der Waals surface area contributed by atoms with E-state index >= 15 is 0 Å². The maximum Gasteiger partial charge on any atom is 0.0628 e. The van der Waals surface area contributed by atoms with Crippen LogP contribution in [0, 0.1) is 0 Å². The second-order valence-corrected chi connectivity index (χ2v) is 7.38. The Hall–Kier alpha value is -2.08. The van der Waals surface area contributed by atoms with Gasteiger partial charge in [-0.2, -0.15) is 0 Å². The van der Waals surface area contributed by atoms with E-state index in [4.69, 9.17) is 0 Å². The Morgan fingerprint density at radius 1 is 1.23 bits per heavy atom. The maximum atomic E-state index is 9.97. The zero-order valence-corrected chi connectivity index (χ0v) is 15.3. The Bertz CT molecular complexity index is 736. The van der Waals surface area contributed by atoms with Crippen molar-refractivity contribution >= 4 is 11.4 Å². The van der Waals surface area contributed by atoms with E-state index in [0.29, 0.717) is 12.1 Å². The van der Waals surface area contributed by atoms with E-state index in [1.54, 1.807) is 0 Å². The van der Waals surface area contributed by atoms with Crippen molar-refractivity contribution in [2.24, 2.45) is 0 Å². The lowest BCUT2D eigenvalue weighted by atomic mass is 9.99. The van der Waals surface area contributed by atoms with Crippen LogP contribution < -0.4 is 16.2 Å². The molecule has 0 saturated carbocycles. The minimum atomic E-state index is 0.0780. The molecule has 0 radical (unpaired) electrons. The van der Waals surface area contributed by atoms with Crippen LogP contribution in [0.15, 0.2) is 48.5 Å². The molecule has 5 heteroatoms. The number of hydrogen-bond acceptors (Lipinski definition) is 5. The minimum absolute atomic E-state index is 0.0780. The number of fused-ring (bicyclic) bond motifs is 1. The van der Waals surface area contributed by atoms with Crippen molar-refractivity contribution in [1.82, 2.24) is 10.3 Å². The van der Waals surface area contributed by atoms with Gasteiger partial charge in [-0.1, -0.05) is 30.3 Å². The van der Waals surface area contributed by atoms with E-state index in [-0.39, 0.29) is 12.6 Å². The van der Waals surface area contributed by atoms with Gasteiger partial charge in [0.2, 0.25) is 0 Å². The molecule has 2 heterocycles. The largest absolute Gasteiger partial charge is 0.394 e. The van der Waals surface area contributed by atoms with Crippen LogP contribution in [0.1, 0.15) is 43.0 Å². The Kier molecular flexibility index (Phi) is 5.11. The molecule has 26 heavy (non-hydrogen) atoms. The van der Waals surface area contributed by atoms with Gasteiger partial charge in [-0.3, -0.25) is 4.90 Å². The van der Waals surface area contributed by atoms with Gasteiger partial charge in [-0.15, -0.1) is 0 Å². The van der Waals surface area contributed by atoms with Crippen molar-refractivity contribution in [3.05, 3.63) is 59.7 Å². The third-order valence-electron chi connectivity index (χ3n) is 5.56. The highest BCUT2D eigenvalue weighted by atomic mass is 16.3. The zero-order chi connectivity index (χ0) is 17.9. The van der Waals surface area contributed by atoms with Gasteiger partial charge in [0, 0.05) is 18.3 Å². The van der Waals surface area contributed by atoms with Crippen LogP contribution in [0.2, 0.25) is 0 Å². The van der Waals surface area contributed by atoms with E-state index in [9.17, 15) is 5.11 Å². The summed E-state index contributed by atoms with van der Waals surface area (Å²) in [6.07, 6.45) is 2.30. The van der Waals surface area contributed by atoms with Crippen LogP contribution in [0.25, 0.3) is 0 Å². The van der Waals surface area contributed by atoms with Crippen molar-refractivity contribution in [2.75, 3.05) is 30.4 Å². The summed E-state index contributed by atoms with van der Waals surface area (Å²) in [7, 11) is 0. The number of anilines is 2. The molecule has 0 aliphatic carbocycles. The average molecular weight is 352 g/mol. The molecular weight excluding hydrogens is 324 g/mol. The summed E-state index contributed by atoms with van der Waals surface area (Å²) in [6, 6.07) is 17.7. The van der Waals surface area contributed by atoms with Gasteiger partial charge in [0.25, 0.3) is 0 Å². The molecule has 2 aliphatic rings. The van der Waals surface area contributed by atoms with Gasteiger partial charge >= 0.3 is 0 Å². The summed E-state index contributed by atoms with van der Waals surface area (Å²) < 4.78 is 0. The quantitative estimate of drug-likeness (QED) is 0.665. The highest BCUT2D eigenvalue weighted by Gasteiger charge is 2.27. The molecule has 5 nitrogen and oxygen atoms in total. The number of hydrogen-bond donors (Lipinski definition) is 4. The molecular formula is C21H28N4O. The summed E-state index contributed by atoms with van der Waals surface area (Å²) in [6.45, 7) is 4.30. The molecule has 2 aromatic rings. The van der Waals surface area contributed by atoms with Gasteiger partial charge < -0.3 is 15.8 Å². The molecule has 3 unspecified atom stereocenters. The summed E-state index contributed by atoms with van der Waals surface area (Å²) in [5, 5.41) is 13.7. The van der Waals surface area contributed by atoms with Gasteiger partial charge in [0.05, 0.1) is 24.4 Å². The molecule has 4 rings (SSSR count). The van der Waals surface area contributed by atoms with Crippen LogP contribution in [-0.2, 0) is 0 Å². The van der Waals surface area contributed by atoms with E-state index < -0.39 is 0 Å². The van der Waals surface area contributed by atoms with Gasteiger partial charge in [0.1, 0.15) is 0 Å². The van der Waals surface area contributed by atoms with E-state index in [0.717, 1.165) is 31.6 Å². The van der Waals surface area contributed by atoms with Crippen molar-refractivity contribution in [3.8, 4) is 0 Å². The van der Waals surface area contributed by atoms with Crippen molar-refractivity contribution in [3.63, 3.8) is 0 Å². The molecule has 0 aromatic heterocycles. The number of hydrazine groups is 1. The molecule has 3 atom stereocenters. The number of aliphatic hydroxyl groups excluding tert-OH is 1. The molecule has 1 saturated heterocycles. The smallest absolute Gasteiger partial charge is 0.0628 e. The topological polar surface area (TPSA) is 59.6 Å². The lowest BCUT2D eigenvalue weighted by molar-refractivity contribution is 0.0993. The molecule has 0 amide bonds. The third kappa shape index (κ3) is 3.56. The number of nitrogens with one attached hydrogen (secondary N) is 3. The first-order valence-corrected chi connectivity index (χ1v) is 9.56. The highest BCUT2D eigenvalue weighted by Crippen LogP contribution is 2.31. The number of nitrogens with zero attached hydrogens (tertiary/aromatic N) is 1. The summed E-state index contributed by atoms with van der Waals surface area (Å²) >= 11 is 0. The van der Waals surface area contributed by atoms with Gasteiger partial charge in [-0.25, -0.2) is 5.43 Å². The summed E-state index contributed by atoms with van der Waals surface area (Å²) in [4.78, 5) is 2.41. The van der Waals surface area contributed by atoms with E-state index in [1.165, 1.54) is 16.8 Å². The minimum Gasteiger partial charge on any atom is -0.394 e. The van der Waals surface area contributed by atoms with Gasteiger partial charge in [-0.05, 0) is 55.6 Å². The second-order valence-electron chi connectivity index (χ2n) is 7.38. The summed E-state index contributed by atoms with van der Waals surface area (Å²) in [5.74, 6) is 0. The van der Waals surface area contributed by atoms with Crippen LogP contribution >= 0.6 is 0 Å². The Balaban J connectivity index is 1.45. The first-order chi connectivity index (χ1) is 12.7. The molecule has 0 bridgehead atoms. The van der Waals surface area contributed by atoms with Crippen LogP contribution in [-0.4, -0.2) is 35.7 Å². The molecule has 1 fully saturated rings. The number of piperidine rings is 1. The number of benzene rings is 2. The standard InChI is InChI=1S/C21H28N4O/c1-15-19-12-17(9-10-20(19)24-23-15)22-18-8-5-11-25(13-18)21(14-26)16-6-3-2-4-7-16/h2-4,6-7,9-10,12,15,18,21-24,26H,5,8,11,13-14H2,1H3. The van der Waals surface area contributed by atoms with Crippen LogP contribution in [0.4, 0.5) is 11.4 Å². The second kappa shape index (κ2) is 7.66. The fourth-order valence-electron chi connectivity index (χ4n) is 4.14. The molecule has 0 spiro atoms. The highest BCUT2D eigenvalue weighted by molar-refractivity contribution is 5.63. The molecule has 4 N–H and O–H groups in total. The Morgan fingerprint density at radius 2 is 2.08 bits per heavy atom. The van der Waals surface area contributed by atoms with Gasteiger partial charge in [0.15, 0.2) is 0 Å².